The van der Waals surface area contributed by atoms with Crippen LogP contribution < -0.4 is 15.4 Å². The molecule has 0 bridgehead atoms. The van der Waals surface area contributed by atoms with Crippen LogP contribution in [-0.4, -0.2) is 53.5 Å². The van der Waals surface area contributed by atoms with Crippen molar-refractivity contribution in [3.8, 4) is 0 Å². The van der Waals surface area contributed by atoms with Gasteiger partial charge in [-0.3, -0.25) is 9.59 Å². The van der Waals surface area contributed by atoms with Crippen molar-refractivity contribution in [3.63, 3.8) is 0 Å². The van der Waals surface area contributed by atoms with E-state index in [1.165, 1.54) is 6.07 Å². The average Bonchev–Trinajstić information content (AvgIpc) is 2.65. The molecule has 0 saturated carbocycles. The van der Waals surface area contributed by atoms with Gasteiger partial charge in [-0.1, -0.05) is 6.07 Å². The van der Waals surface area contributed by atoms with Crippen LogP contribution in [-0.2, 0) is 16.1 Å². The number of piperazine rings is 1. The van der Waals surface area contributed by atoms with E-state index in [9.17, 15) is 9.59 Å². The molecule has 0 atom stereocenters. The van der Waals surface area contributed by atoms with Crippen LogP contribution in [0.2, 0.25) is 0 Å². The number of rotatable bonds is 5. The number of ether oxygens (including phenoxy) is 1. The lowest BCUT2D eigenvalue weighted by molar-refractivity contribution is -0.144. The van der Waals surface area contributed by atoms with Gasteiger partial charge in [-0.2, -0.15) is 5.10 Å². The summed E-state index contributed by atoms with van der Waals surface area (Å²) in [4.78, 5) is 32.2. The Morgan fingerprint density at radius 2 is 1.80 bits per heavy atom. The molecule has 0 unspecified atom stereocenters. The molecule has 0 aromatic carbocycles. The normalized spacial score (nSPS) is 14.4. The van der Waals surface area contributed by atoms with Gasteiger partial charge < -0.3 is 14.5 Å². The van der Waals surface area contributed by atoms with Gasteiger partial charge in [-0.15, -0.1) is 0 Å². The molecular formula is C17H21N5O3. The highest BCUT2D eigenvalue weighted by molar-refractivity contribution is 5.69. The fourth-order valence-corrected chi connectivity index (χ4v) is 2.75. The van der Waals surface area contributed by atoms with Crippen molar-refractivity contribution < 1.29 is 9.53 Å². The predicted octanol–water partition coefficient (Wildman–Crippen LogP) is 0.528. The topological polar surface area (TPSA) is 80.6 Å². The highest BCUT2D eigenvalue weighted by atomic mass is 16.5. The van der Waals surface area contributed by atoms with Crippen molar-refractivity contribution in [1.82, 2.24) is 14.8 Å². The highest BCUT2D eigenvalue weighted by Gasteiger charge is 2.20. The van der Waals surface area contributed by atoms with Gasteiger partial charge >= 0.3 is 5.97 Å². The second-order valence-electron chi connectivity index (χ2n) is 5.65. The van der Waals surface area contributed by atoms with Gasteiger partial charge in [0.15, 0.2) is 0 Å². The molecule has 3 rings (SSSR count). The maximum atomic E-state index is 11.9. The molecule has 1 aliphatic rings. The fraction of sp³-hybridized carbons (Fsp3) is 0.412. The molecule has 1 saturated heterocycles. The molecule has 2 aromatic heterocycles. The number of aromatic nitrogens is 3. The minimum absolute atomic E-state index is 0.172. The number of nitrogens with zero attached hydrogens (tertiary/aromatic N) is 5. The van der Waals surface area contributed by atoms with Crippen LogP contribution in [0.5, 0.6) is 0 Å². The van der Waals surface area contributed by atoms with E-state index in [0.717, 1.165) is 36.7 Å². The molecule has 132 valence electrons. The number of carbonyl (C=O) groups excluding carboxylic acids is 1. The number of hydrogen-bond donors (Lipinski definition) is 0. The van der Waals surface area contributed by atoms with Crippen LogP contribution in [0, 0.1) is 0 Å². The third kappa shape index (κ3) is 4.14. The van der Waals surface area contributed by atoms with E-state index in [1.54, 1.807) is 19.2 Å². The number of esters is 1. The molecule has 0 radical (unpaired) electrons. The van der Waals surface area contributed by atoms with Crippen LogP contribution in [0.15, 0.2) is 41.3 Å². The van der Waals surface area contributed by atoms with Gasteiger partial charge in [-0.05, 0) is 25.1 Å². The summed E-state index contributed by atoms with van der Waals surface area (Å²) < 4.78 is 6.03. The van der Waals surface area contributed by atoms with Crippen molar-refractivity contribution in [1.29, 1.82) is 0 Å². The van der Waals surface area contributed by atoms with Gasteiger partial charge in [0.2, 0.25) is 0 Å². The third-order valence-corrected chi connectivity index (χ3v) is 4.01. The summed E-state index contributed by atoms with van der Waals surface area (Å²) in [5, 5.41) is 4.31. The monoisotopic (exact) mass is 343 g/mol. The van der Waals surface area contributed by atoms with Gasteiger partial charge in [-0.25, -0.2) is 9.67 Å². The molecule has 3 heterocycles. The maximum absolute atomic E-state index is 11.9. The molecule has 8 nitrogen and oxygen atoms in total. The van der Waals surface area contributed by atoms with Crippen LogP contribution in [0.3, 0.4) is 0 Å². The zero-order valence-electron chi connectivity index (χ0n) is 14.2. The number of carbonyl (C=O) groups is 1. The van der Waals surface area contributed by atoms with Crippen molar-refractivity contribution in [2.45, 2.75) is 13.5 Å². The third-order valence-electron chi connectivity index (χ3n) is 4.01. The summed E-state index contributed by atoms with van der Waals surface area (Å²) >= 11 is 0. The summed E-state index contributed by atoms with van der Waals surface area (Å²) in [5.74, 6) is 1.18. The van der Waals surface area contributed by atoms with E-state index in [4.69, 9.17) is 4.74 Å². The lowest BCUT2D eigenvalue weighted by Gasteiger charge is -2.36. The van der Waals surface area contributed by atoms with Crippen molar-refractivity contribution in [3.05, 3.63) is 46.9 Å². The first kappa shape index (κ1) is 16.9. The average molecular weight is 343 g/mol. The minimum atomic E-state index is -0.464. The summed E-state index contributed by atoms with van der Waals surface area (Å²) in [6.45, 7) is 5.00. The lowest BCUT2D eigenvalue weighted by atomic mass is 10.3. The molecule has 0 amide bonds. The van der Waals surface area contributed by atoms with E-state index in [1.807, 2.05) is 18.2 Å². The molecule has 1 fully saturated rings. The van der Waals surface area contributed by atoms with Crippen molar-refractivity contribution >= 4 is 17.6 Å². The van der Waals surface area contributed by atoms with E-state index in [-0.39, 0.29) is 18.7 Å². The Balaban J connectivity index is 1.67. The smallest absolute Gasteiger partial charge is 0.327 e. The largest absolute Gasteiger partial charge is 0.465 e. The molecule has 25 heavy (non-hydrogen) atoms. The molecule has 0 N–H and O–H groups in total. The van der Waals surface area contributed by atoms with E-state index >= 15 is 0 Å². The Hall–Kier alpha value is -2.90. The molecule has 0 aliphatic carbocycles. The molecular weight excluding hydrogens is 322 g/mol. The standard InChI is InChI=1S/C17H21N5O3/c1-2-25-17(24)13-22-16(23)7-6-15(19-22)21-11-9-20(10-12-21)14-5-3-4-8-18-14/h3-8H,2,9-13H2,1H3. The number of pyridine rings is 1. The Kier molecular flexibility index (Phi) is 5.27. The summed E-state index contributed by atoms with van der Waals surface area (Å²) in [6, 6.07) is 9.00. The van der Waals surface area contributed by atoms with Gasteiger partial charge in [0.05, 0.1) is 6.61 Å². The zero-order chi connectivity index (χ0) is 17.6. The number of hydrogen-bond acceptors (Lipinski definition) is 7. The molecule has 0 spiro atoms. The summed E-state index contributed by atoms with van der Waals surface area (Å²) in [7, 11) is 0. The van der Waals surface area contributed by atoms with E-state index in [0.29, 0.717) is 5.82 Å². The van der Waals surface area contributed by atoms with Gasteiger partial charge in [0, 0.05) is 38.4 Å². The molecule has 8 heteroatoms. The SMILES string of the molecule is CCOC(=O)Cn1nc(N2CCN(c3ccccn3)CC2)ccc1=O. The van der Waals surface area contributed by atoms with E-state index < -0.39 is 5.97 Å². The van der Waals surface area contributed by atoms with Crippen LogP contribution in [0.25, 0.3) is 0 Å². The van der Waals surface area contributed by atoms with Gasteiger partial charge in [0.1, 0.15) is 18.2 Å². The second kappa shape index (κ2) is 7.78. The van der Waals surface area contributed by atoms with Crippen LogP contribution >= 0.6 is 0 Å². The Morgan fingerprint density at radius 3 is 2.44 bits per heavy atom. The first-order chi connectivity index (χ1) is 12.2. The second-order valence-corrected chi connectivity index (χ2v) is 5.65. The maximum Gasteiger partial charge on any atom is 0.327 e. The predicted molar refractivity (Wildman–Crippen MR) is 93.8 cm³/mol. The summed E-state index contributed by atoms with van der Waals surface area (Å²) in [5.41, 5.74) is -0.316. The van der Waals surface area contributed by atoms with Crippen molar-refractivity contribution in [2.75, 3.05) is 42.6 Å². The molecule has 1 aliphatic heterocycles. The zero-order valence-corrected chi connectivity index (χ0v) is 14.2. The highest BCUT2D eigenvalue weighted by Crippen LogP contribution is 2.16. The van der Waals surface area contributed by atoms with Gasteiger partial charge in [0.25, 0.3) is 5.56 Å². The summed E-state index contributed by atoms with van der Waals surface area (Å²) in [6.07, 6.45) is 1.79. The van der Waals surface area contributed by atoms with Crippen LogP contribution in [0.4, 0.5) is 11.6 Å². The number of anilines is 2. The Bertz CT molecular complexity index is 769. The van der Waals surface area contributed by atoms with Crippen molar-refractivity contribution in [2.24, 2.45) is 0 Å². The quantitative estimate of drug-likeness (QED) is 0.733. The fourth-order valence-electron chi connectivity index (χ4n) is 2.75. The van der Waals surface area contributed by atoms with Crippen LogP contribution in [0.1, 0.15) is 6.92 Å². The molecule has 2 aromatic rings. The minimum Gasteiger partial charge on any atom is -0.465 e. The first-order valence-corrected chi connectivity index (χ1v) is 8.32. The first-order valence-electron chi connectivity index (χ1n) is 8.32. The Labute approximate surface area is 145 Å². The van der Waals surface area contributed by atoms with E-state index in [2.05, 4.69) is 19.9 Å². The Morgan fingerprint density at radius 1 is 1.08 bits per heavy atom. The lowest BCUT2D eigenvalue weighted by Crippen LogP contribution is -2.47.